The first kappa shape index (κ1) is 24.0. The van der Waals surface area contributed by atoms with Gasteiger partial charge in [-0.1, -0.05) is 13.0 Å². The van der Waals surface area contributed by atoms with Crippen LogP contribution in [0.15, 0.2) is 29.3 Å². The van der Waals surface area contributed by atoms with Gasteiger partial charge < -0.3 is 15.4 Å². The Morgan fingerprint density at radius 3 is 2.50 bits per heavy atom. The summed E-state index contributed by atoms with van der Waals surface area (Å²) in [6.07, 6.45) is -4.23. The van der Waals surface area contributed by atoms with Gasteiger partial charge in [-0.25, -0.2) is 13.1 Å². The molecule has 0 aliphatic heterocycles. The predicted octanol–water partition coefficient (Wildman–Crippen LogP) is 1.97. The monoisotopic (exact) mass is 424 g/mol. The van der Waals surface area contributed by atoms with Crippen LogP contribution in [0.3, 0.4) is 0 Å². The maximum absolute atomic E-state index is 12.8. The standard InChI is InChI=1S/C17H27F3N4O3S/c1-4-14(27-15-8-6-7-13(11-15)17(18,19)20)12-23-16(21-3)22-9-10-24-28(25,26)5-2/h6-8,11,14,24H,4-5,9-10,12H2,1-3H3,(H2,21,22,23). The average molecular weight is 424 g/mol. The van der Waals surface area contributed by atoms with E-state index in [-0.39, 0.29) is 24.2 Å². The van der Waals surface area contributed by atoms with Crippen molar-refractivity contribution in [2.24, 2.45) is 4.99 Å². The minimum atomic E-state index is -4.43. The lowest BCUT2D eigenvalue weighted by Gasteiger charge is -2.20. The summed E-state index contributed by atoms with van der Waals surface area (Å²) < 4.78 is 69.2. The van der Waals surface area contributed by atoms with Crippen LogP contribution in [0.4, 0.5) is 13.2 Å². The first-order valence-electron chi connectivity index (χ1n) is 8.87. The molecule has 0 amide bonds. The quantitative estimate of drug-likeness (QED) is 0.303. The number of nitrogens with zero attached hydrogens (tertiary/aromatic N) is 1. The number of ether oxygens (including phenoxy) is 1. The van der Waals surface area contributed by atoms with Crippen molar-refractivity contribution in [2.75, 3.05) is 32.4 Å². The van der Waals surface area contributed by atoms with Gasteiger partial charge in [0.05, 0.1) is 17.9 Å². The highest BCUT2D eigenvalue weighted by Gasteiger charge is 2.30. The van der Waals surface area contributed by atoms with Gasteiger partial charge in [-0.05, 0) is 31.5 Å². The number of guanidine groups is 1. The molecule has 0 aliphatic rings. The lowest BCUT2D eigenvalue weighted by molar-refractivity contribution is -0.137. The molecule has 0 saturated heterocycles. The summed E-state index contributed by atoms with van der Waals surface area (Å²) in [4.78, 5) is 4.01. The number of alkyl halides is 3. The molecule has 3 N–H and O–H groups in total. The first-order chi connectivity index (χ1) is 13.1. The number of rotatable bonds is 10. The molecule has 1 unspecified atom stereocenters. The van der Waals surface area contributed by atoms with Gasteiger partial charge in [-0.15, -0.1) is 0 Å². The van der Waals surface area contributed by atoms with E-state index in [9.17, 15) is 21.6 Å². The highest BCUT2D eigenvalue weighted by molar-refractivity contribution is 7.89. The van der Waals surface area contributed by atoms with E-state index in [0.29, 0.717) is 25.5 Å². The highest BCUT2D eigenvalue weighted by Crippen LogP contribution is 2.31. The second-order valence-corrected chi connectivity index (χ2v) is 7.95. The largest absolute Gasteiger partial charge is 0.489 e. The van der Waals surface area contributed by atoms with E-state index >= 15 is 0 Å². The van der Waals surface area contributed by atoms with Crippen molar-refractivity contribution in [1.82, 2.24) is 15.4 Å². The molecule has 0 bridgehead atoms. The maximum Gasteiger partial charge on any atom is 0.416 e. The summed E-state index contributed by atoms with van der Waals surface area (Å²) in [7, 11) is -1.70. The Balaban J connectivity index is 2.51. The highest BCUT2D eigenvalue weighted by atomic mass is 32.2. The number of benzene rings is 1. The molecule has 28 heavy (non-hydrogen) atoms. The molecule has 1 rings (SSSR count). The Morgan fingerprint density at radius 1 is 1.21 bits per heavy atom. The van der Waals surface area contributed by atoms with E-state index in [4.69, 9.17) is 4.74 Å². The smallest absolute Gasteiger partial charge is 0.416 e. The fraction of sp³-hybridized carbons (Fsp3) is 0.588. The lowest BCUT2D eigenvalue weighted by Crippen LogP contribution is -2.44. The molecule has 0 saturated carbocycles. The third-order valence-electron chi connectivity index (χ3n) is 3.76. The van der Waals surface area contributed by atoms with Crippen LogP contribution in [0.1, 0.15) is 25.8 Å². The lowest BCUT2D eigenvalue weighted by atomic mass is 10.2. The predicted molar refractivity (Wildman–Crippen MR) is 103 cm³/mol. The normalized spacial score (nSPS) is 13.9. The zero-order valence-electron chi connectivity index (χ0n) is 16.1. The van der Waals surface area contributed by atoms with Crippen LogP contribution in [0, 0.1) is 0 Å². The Bertz CT molecular complexity index is 739. The summed E-state index contributed by atoms with van der Waals surface area (Å²) >= 11 is 0. The van der Waals surface area contributed by atoms with Crippen molar-refractivity contribution in [3.05, 3.63) is 29.8 Å². The van der Waals surface area contributed by atoms with Crippen molar-refractivity contribution in [3.63, 3.8) is 0 Å². The van der Waals surface area contributed by atoms with Crippen molar-refractivity contribution >= 4 is 16.0 Å². The topological polar surface area (TPSA) is 91.8 Å². The first-order valence-corrected chi connectivity index (χ1v) is 10.5. The summed E-state index contributed by atoms with van der Waals surface area (Å²) in [6, 6.07) is 4.74. The van der Waals surface area contributed by atoms with Crippen LogP contribution in [-0.2, 0) is 16.2 Å². The van der Waals surface area contributed by atoms with Gasteiger partial charge in [0.25, 0.3) is 0 Å². The molecule has 1 aromatic rings. The van der Waals surface area contributed by atoms with Crippen LogP contribution in [0.5, 0.6) is 5.75 Å². The maximum atomic E-state index is 12.8. The number of aliphatic imine (C=N–C) groups is 1. The zero-order valence-corrected chi connectivity index (χ0v) is 17.0. The SMILES string of the molecule is CCC(CNC(=NC)NCCNS(=O)(=O)CC)Oc1cccc(C(F)(F)F)c1. The van der Waals surface area contributed by atoms with Gasteiger partial charge in [-0.2, -0.15) is 13.2 Å². The Labute approximate surface area is 163 Å². The van der Waals surface area contributed by atoms with Crippen molar-refractivity contribution in [2.45, 2.75) is 32.5 Å². The fourth-order valence-corrected chi connectivity index (χ4v) is 2.75. The van der Waals surface area contributed by atoms with Crippen molar-refractivity contribution in [1.29, 1.82) is 0 Å². The average Bonchev–Trinajstić information content (AvgIpc) is 2.65. The number of hydrogen-bond donors (Lipinski definition) is 3. The summed E-state index contributed by atoms with van der Waals surface area (Å²) in [6.45, 7) is 4.24. The fourth-order valence-electron chi connectivity index (χ4n) is 2.13. The van der Waals surface area contributed by atoms with Crippen molar-refractivity contribution < 1.29 is 26.3 Å². The molecule has 0 heterocycles. The van der Waals surface area contributed by atoms with Gasteiger partial charge in [0.2, 0.25) is 10.0 Å². The number of hydrogen-bond acceptors (Lipinski definition) is 4. The van der Waals surface area contributed by atoms with Crippen molar-refractivity contribution in [3.8, 4) is 5.75 Å². The van der Waals surface area contributed by atoms with E-state index < -0.39 is 21.8 Å². The number of sulfonamides is 1. The molecule has 0 fully saturated rings. The molecule has 0 aliphatic carbocycles. The van der Waals surface area contributed by atoms with Crippen LogP contribution in [-0.4, -0.2) is 52.9 Å². The molecule has 0 aromatic heterocycles. The zero-order chi connectivity index (χ0) is 21.2. The molecular formula is C17H27F3N4O3S. The summed E-state index contributed by atoms with van der Waals surface area (Å²) in [5.41, 5.74) is -0.764. The van der Waals surface area contributed by atoms with Gasteiger partial charge in [0.1, 0.15) is 11.9 Å². The molecule has 0 spiro atoms. The third kappa shape index (κ3) is 8.79. The molecule has 11 heteroatoms. The van der Waals surface area contributed by atoms with Gasteiger partial charge in [0, 0.05) is 20.1 Å². The third-order valence-corrected chi connectivity index (χ3v) is 5.16. The van der Waals surface area contributed by atoms with Crippen LogP contribution >= 0.6 is 0 Å². The van der Waals surface area contributed by atoms with Crippen LogP contribution in [0.2, 0.25) is 0 Å². The van der Waals surface area contributed by atoms with E-state index in [1.807, 2.05) is 6.92 Å². The molecule has 160 valence electrons. The minimum Gasteiger partial charge on any atom is -0.489 e. The van der Waals surface area contributed by atoms with E-state index in [0.717, 1.165) is 12.1 Å². The Kier molecular flexibility index (Phi) is 9.53. The van der Waals surface area contributed by atoms with E-state index in [1.54, 1.807) is 14.0 Å². The van der Waals surface area contributed by atoms with E-state index in [2.05, 4.69) is 20.3 Å². The molecule has 1 atom stereocenters. The van der Waals surface area contributed by atoms with Gasteiger partial charge in [0.15, 0.2) is 5.96 Å². The molecule has 7 nitrogen and oxygen atoms in total. The molecule has 1 aromatic carbocycles. The minimum absolute atomic E-state index is 0.00499. The van der Waals surface area contributed by atoms with Gasteiger partial charge >= 0.3 is 6.18 Å². The summed E-state index contributed by atoms with van der Waals surface area (Å²) in [5.74, 6) is 0.576. The number of halogens is 3. The van der Waals surface area contributed by atoms with Crippen LogP contribution in [0.25, 0.3) is 0 Å². The molecule has 0 radical (unpaired) electrons. The second-order valence-electron chi connectivity index (χ2n) is 5.85. The Morgan fingerprint density at radius 2 is 1.93 bits per heavy atom. The number of nitrogens with one attached hydrogen (secondary N) is 3. The Hall–Kier alpha value is -2.01. The van der Waals surface area contributed by atoms with E-state index in [1.165, 1.54) is 12.1 Å². The second kappa shape index (κ2) is 11.1. The van der Waals surface area contributed by atoms with Gasteiger partial charge in [-0.3, -0.25) is 4.99 Å². The summed E-state index contributed by atoms with van der Waals surface area (Å²) in [5, 5.41) is 5.96. The molecular weight excluding hydrogens is 397 g/mol. The van der Waals surface area contributed by atoms with Crippen LogP contribution < -0.4 is 20.1 Å².